The second-order valence-electron chi connectivity index (χ2n) is 2.72. The molecule has 1 unspecified atom stereocenters. The summed E-state index contributed by atoms with van der Waals surface area (Å²) in [6, 6.07) is 1.79. The minimum absolute atomic E-state index is 0.238. The molecule has 0 heterocycles. The number of nitrogens with zero attached hydrogens (tertiary/aromatic N) is 2. The monoisotopic (exact) mass is 169 g/mol. The van der Waals surface area contributed by atoms with Crippen molar-refractivity contribution in [2.24, 2.45) is 5.73 Å². The van der Waals surface area contributed by atoms with Crippen LogP contribution in [0.5, 0.6) is 0 Å². The Labute approximate surface area is 72.9 Å². The zero-order valence-corrected chi connectivity index (χ0v) is 7.58. The van der Waals surface area contributed by atoms with Gasteiger partial charge in [0.1, 0.15) is 0 Å². The van der Waals surface area contributed by atoms with Gasteiger partial charge in [0.15, 0.2) is 0 Å². The Morgan fingerprint density at radius 1 is 1.75 bits per heavy atom. The van der Waals surface area contributed by atoms with Gasteiger partial charge in [0.05, 0.1) is 12.1 Å². The molecule has 0 aliphatic carbocycles. The van der Waals surface area contributed by atoms with Crippen molar-refractivity contribution in [3.63, 3.8) is 0 Å². The van der Waals surface area contributed by atoms with Crippen molar-refractivity contribution in [1.29, 1.82) is 5.26 Å². The lowest BCUT2D eigenvalue weighted by molar-refractivity contribution is -0.122. The summed E-state index contributed by atoms with van der Waals surface area (Å²) in [4.78, 5) is 12.6. The van der Waals surface area contributed by atoms with Crippen LogP contribution in [0.4, 0.5) is 0 Å². The molecule has 2 N–H and O–H groups in total. The Bertz CT molecular complexity index is 185. The van der Waals surface area contributed by atoms with E-state index < -0.39 is 0 Å². The molecule has 0 bridgehead atoms. The van der Waals surface area contributed by atoms with E-state index in [1.54, 1.807) is 7.05 Å². The van der Waals surface area contributed by atoms with Crippen molar-refractivity contribution in [3.8, 4) is 6.07 Å². The SMILES string of the molecule is CCC(C(N)=O)N(C)CCC#N. The van der Waals surface area contributed by atoms with E-state index in [-0.39, 0.29) is 11.9 Å². The maximum absolute atomic E-state index is 10.8. The number of carbonyl (C=O) groups is 1. The molecule has 0 aromatic carbocycles. The Morgan fingerprint density at radius 2 is 2.33 bits per heavy atom. The number of amides is 1. The zero-order chi connectivity index (χ0) is 9.56. The molecule has 1 amide bonds. The van der Waals surface area contributed by atoms with Crippen molar-refractivity contribution in [3.05, 3.63) is 0 Å². The molecule has 68 valence electrons. The molecule has 4 nitrogen and oxygen atoms in total. The van der Waals surface area contributed by atoms with Crippen LogP contribution >= 0.6 is 0 Å². The van der Waals surface area contributed by atoms with Crippen molar-refractivity contribution in [2.75, 3.05) is 13.6 Å². The average molecular weight is 169 g/mol. The fourth-order valence-corrected chi connectivity index (χ4v) is 1.11. The second kappa shape index (κ2) is 5.56. The third kappa shape index (κ3) is 3.35. The first-order valence-electron chi connectivity index (χ1n) is 4.00. The molecule has 0 aromatic rings. The first-order valence-corrected chi connectivity index (χ1v) is 4.00. The molecule has 0 fully saturated rings. The molecule has 0 aromatic heterocycles. The Morgan fingerprint density at radius 3 is 2.67 bits per heavy atom. The first-order chi connectivity index (χ1) is 5.63. The first kappa shape index (κ1) is 10.9. The fourth-order valence-electron chi connectivity index (χ4n) is 1.11. The highest BCUT2D eigenvalue weighted by Gasteiger charge is 2.17. The van der Waals surface area contributed by atoms with E-state index in [1.165, 1.54) is 0 Å². The second-order valence-corrected chi connectivity index (χ2v) is 2.72. The van der Waals surface area contributed by atoms with Gasteiger partial charge in [0.25, 0.3) is 0 Å². The molecule has 0 radical (unpaired) electrons. The van der Waals surface area contributed by atoms with Crippen LogP contribution in [0.15, 0.2) is 0 Å². The van der Waals surface area contributed by atoms with Gasteiger partial charge in [-0.25, -0.2) is 0 Å². The fraction of sp³-hybridized carbons (Fsp3) is 0.750. The van der Waals surface area contributed by atoms with E-state index in [9.17, 15) is 4.79 Å². The highest BCUT2D eigenvalue weighted by Crippen LogP contribution is 2.00. The lowest BCUT2D eigenvalue weighted by Gasteiger charge is -2.22. The maximum Gasteiger partial charge on any atom is 0.234 e. The largest absolute Gasteiger partial charge is 0.368 e. The molecule has 1 atom stereocenters. The Balaban J connectivity index is 3.95. The van der Waals surface area contributed by atoms with Gasteiger partial charge in [0.2, 0.25) is 5.91 Å². The Hall–Kier alpha value is -1.08. The predicted octanol–water partition coefficient (Wildman–Crippen LogP) is 0.0958. The number of hydrogen-bond acceptors (Lipinski definition) is 3. The van der Waals surface area contributed by atoms with Crippen LogP contribution in [0.2, 0.25) is 0 Å². The summed E-state index contributed by atoms with van der Waals surface area (Å²) in [5.74, 6) is -0.321. The van der Waals surface area contributed by atoms with Gasteiger partial charge in [-0.05, 0) is 13.5 Å². The average Bonchev–Trinajstić information content (AvgIpc) is 2.01. The van der Waals surface area contributed by atoms with Gasteiger partial charge < -0.3 is 5.73 Å². The van der Waals surface area contributed by atoms with Crippen LogP contribution in [0.25, 0.3) is 0 Å². The van der Waals surface area contributed by atoms with Crippen molar-refractivity contribution in [1.82, 2.24) is 4.90 Å². The normalized spacial score (nSPS) is 12.5. The lowest BCUT2D eigenvalue weighted by Crippen LogP contribution is -2.42. The number of nitriles is 1. The van der Waals surface area contributed by atoms with E-state index in [1.807, 2.05) is 17.9 Å². The molecule has 0 spiro atoms. The van der Waals surface area contributed by atoms with Gasteiger partial charge in [-0.3, -0.25) is 9.69 Å². The number of nitrogens with two attached hydrogens (primary N) is 1. The quantitative estimate of drug-likeness (QED) is 0.634. The molecule has 12 heavy (non-hydrogen) atoms. The summed E-state index contributed by atoms with van der Waals surface area (Å²) in [6.07, 6.45) is 1.12. The molecule has 0 saturated heterocycles. The van der Waals surface area contributed by atoms with Gasteiger partial charge in [0, 0.05) is 13.0 Å². The van der Waals surface area contributed by atoms with E-state index in [4.69, 9.17) is 11.0 Å². The van der Waals surface area contributed by atoms with Gasteiger partial charge in [-0.1, -0.05) is 6.92 Å². The summed E-state index contributed by atoms with van der Waals surface area (Å²) < 4.78 is 0. The van der Waals surface area contributed by atoms with Crippen LogP contribution in [-0.2, 0) is 4.79 Å². The molecular weight excluding hydrogens is 154 g/mol. The third-order valence-corrected chi connectivity index (χ3v) is 1.82. The molecule has 4 heteroatoms. The molecule has 0 saturated carbocycles. The predicted molar refractivity (Wildman–Crippen MR) is 46.1 cm³/mol. The van der Waals surface area contributed by atoms with Gasteiger partial charge >= 0.3 is 0 Å². The van der Waals surface area contributed by atoms with E-state index in [0.717, 1.165) is 0 Å². The topological polar surface area (TPSA) is 70.1 Å². The smallest absolute Gasteiger partial charge is 0.234 e. The maximum atomic E-state index is 10.8. The molecule has 0 rings (SSSR count). The van der Waals surface area contributed by atoms with Crippen LogP contribution < -0.4 is 5.73 Å². The van der Waals surface area contributed by atoms with Crippen molar-refractivity contribution in [2.45, 2.75) is 25.8 Å². The van der Waals surface area contributed by atoms with Crippen molar-refractivity contribution < 1.29 is 4.79 Å². The van der Waals surface area contributed by atoms with E-state index in [2.05, 4.69) is 0 Å². The minimum atomic E-state index is -0.321. The molecule has 0 aliphatic rings. The highest BCUT2D eigenvalue weighted by molar-refractivity contribution is 5.79. The highest BCUT2D eigenvalue weighted by atomic mass is 16.1. The standard InChI is InChI=1S/C8H15N3O/c1-3-7(8(10)12)11(2)6-4-5-9/h7H,3-4,6H2,1-2H3,(H2,10,12). The summed E-state index contributed by atoms with van der Waals surface area (Å²) in [5.41, 5.74) is 5.16. The number of primary amides is 1. The number of hydrogen-bond donors (Lipinski definition) is 1. The molecule has 0 aliphatic heterocycles. The van der Waals surface area contributed by atoms with Crippen molar-refractivity contribution >= 4 is 5.91 Å². The van der Waals surface area contributed by atoms with Crippen LogP contribution in [0, 0.1) is 11.3 Å². The minimum Gasteiger partial charge on any atom is -0.368 e. The summed E-state index contributed by atoms with van der Waals surface area (Å²) in [6.45, 7) is 2.50. The van der Waals surface area contributed by atoms with Crippen LogP contribution in [-0.4, -0.2) is 30.4 Å². The summed E-state index contributed by atoms with van der Waals surface area (Å²) in [7, 11) is 1.80. The van der Waals surface area contributed by atoms with Crippen LogP contribution in [0.1, 0.15) is 19.8 Å². The van der Waals surface area contributed by atoms with Gasteiger partial charge in [-0.15, -0.1) is 0 Å². The summed E-state index contributed by atoms with van der Waals surface area (Å²) >= 11 is 0. The number of rotatable bonds is 5. The lowest BCUT2D eigenvalue weighted by atomic mass is 10.2. The number of carbonyl (C=O) groups excluding carboxylic acids is 1. The third-order valence-electron chi connectivity index (χ3n) is 1.82. The Kier molecular flexibility index (Phi) is 5.06. The van der Waals surface area contributed by atoms with Crippen LogP contribution in [0.3, 0.4) is 0 Å². The summed E-state index contributed by atoms with van der Waals surface area (Å²) in [5, 5.41) is 8.32. The number of likely N-dealkylation sites (N-methyl/N-ethyl adjacent to an activating group) is 1. The zero-order valence-electron chi connectivity index (χ0n) is 7.58. The van der Waals surface area contributed by atoms with E-state index in [0.29, 0.717) is 19.4 Å². The molecular formula is C8H15N3O. The van der Waals surface area contributed by atoms with Gasteiger partial charge in [-0.2, -0.15) is 5.26 Å². The van der Waals surface area contributed by atoms with E-state index >= 15 is 0 Å².